The monoisotopic (exact) mass is 520 g/mol. The molecule has 2 N–H and O–H groups in total. The number of aryl methyl sites for hydroxylation is 2. The lowest BCUT2D eigenvalue weighted by Crippen LogP contribution is -2.28. The van der Waals surface area contributed by atoms with E-state index in [9.17, 15) is 14.9 Å². The molecule has 10 heteroatoms. The molecular weight excluding hydrogens is 492 g/mol. The quantitative estimate of drug-likeness (QED) is 0.309. The van der Waals surface area contributed by atoms with Gasteiger partial charge in [0.1, 0.15) is 11.1 Å². The van der Waals surface area contributed by atoms with Crippen LogP contribution in [0.3, 0.4) is 0 Å². The number of carbonyl (C=O) groups excluding carboxylic acids is 2. The van der Waals surface area contributed by atoms with Crippen molar-refractivity contribution in [3.05, 3.63) is 69.9 Å². The maximum atomic E-state index is 12.7. The Morgan fingerprint density at radius 1 is 1.28 bits per heavy atom. The van der Waals surface area contributed by atoms with Crippen LogP contribution in [0.25, 0.3) is 0 Å². The molecule has 1 aliphatic rings. The molecule has 0 radical (unpaired) electrons. The molecule has 8 nitrogen and oxygen atoms in total. The van der Waals surface area contributed by atoms with Gasteiger partial charge >= 0.3 is 0 Å². The van der Waals surface area contributed by atoms with Crippen molar-refractivity contribution in [3.8, 4) is 6.07 Å². The summed E-state index contributed by atoms with van der Waals surface area (Å²) in [6.45, 7) is 8.07. The fourth-order valence-corrected chi connectivity index (χ4v) is 6.15. The van der Waals surface area contributed by atoms with E-state index in [1.54, 1.807) is 18.2 Å². The highest BCUT2D eigenvalue weighted by molar-refractivity contribution is 7.99. The fraction of sp³-hybridized carbons (Fsp3) is 0.346. The molecule has 2 heterocycles. The van der Waals surface area contributed by atoms with E-state index in [-0.39, 0.29) is 17.6 Å². The van der Waals surface area contributed by atoms with Crippen molar-refractivity contribution >= 4 is 39.9 Å². The maximum absolute atomic E-state index is 12.7. The lowest BCUT2D eigenvalue weighted by atomic mass is 9.96. The minimum Gasteiger partial charge on any atom is -0.342 e. The molecule has 1 aliphatic carbocycles. The Bertz CT molecular complexity index is 1320. The van der Waals surface area contributed by atoms with Gasteiger partial charge in [0, 0.05) is 17.0 Å². The van der Waals surface area contributed by atoms with Gasteiger partial charge in [-0.05, 0) is 57.2 Å². The normalized spacial score (nSPS) is 13.4. The Labute approximate surface area is 218 Å². The van der Waals surface area contributed by atoms with Crippen molar-refractivity contribution < 1.29 is 9.59 Å². The van der Waals surface area contributed by atoms with Crippen LogP contribution in [0.1, 0.15) is 63.6 Å². The smallest absolute Gasteiger partial charge is 0.251 e. The zero-order valence-electron chi connectivity index (χ0n) is 20.3. The van der Waals surface area contributed by atoms with Crippen LogP contribution >= 0.6 is 23.1 Å². The molecule has 1 atom stereocenters. The molecule has 0 fully saturated rings. The number of hydrogen-bond donors (Lipinski definition) is 2. The van der Waals surface area contributed by atoms with Crippen LogP contribution in [0, 0.1) is 18.3 Å². The standard InChI is InChI=1S/C26H28N6O2S2/c1-4-13-32-23(17(3)28-24(34)18-11-9-16(2)10-12-18)30-31-26(32)35-15-22(33)29-25-20(14-27)19-7-5-6-8-21(19)36-25/h4,9-12,17H,1,5-8,13,15H2,2-3H3,(H,28,34)(H,29,33)/t17-/m0/s1. The van der Waals surface area contributed by atoms with Gasteiger partial charge in [0.2, 0.25) is 5.91 Å². The van der Waals surface area contributed by atoms with Crippen molar-refractivity contribution in [2.75, 3.05) is 11.1 Å². The number of amides is 2. The minimum absolute atomic E-state index is 0.118. The highest BCUT2D eigenvalue weighted by atomic mass is 32.2. The van der Waals surface area contributed by atoms with E-state index in [4.69, 9.17) is 0 Å². The van der Waals surface area contributed by atoms with Crippen molar-refractivity contribution in [2.24, 2.45) is 0 Å². The van der Waals surface area contributed by atoms with Crippen molar-refractivity contribution in [1.82, 2.24) is 20.1 Å². The first-order chi connectivity index (χ1) is 17.4. The number of rotatable bonds is 9. The SMILES string of the molecule is C=CCn1c(SCC(=O)Nc2sc3c(c2C#N)CCCC3)nnc1[C@H](C)NC(=O)c1ccc(C)cc1. The number of nitrogens with zero attached hydrogens (tertiary/aromatic N) is 4. The third kappa shape index (κ3) is 5.69. The molecule has 0 aliphatic heterocycles. The molecule has 4 rings (SSSR count). The summed E-state index contributed by atoms with van der Waals surface area (Å²) >= 11 is 2.77. The van der Waals surface area contributed by atoms with Crippen LogP contribution in [0.5, 0.6) is 0 Å². The van der Waals surface area contributed by atoms with Gasteiger partial charge in [-0.1, -0.05) is 35.5 Å². The molecule has 0 saturated heterocycles. The van der Waals surface area contributed by atoms with E-state index in [1.165, 1.54) is 28.0 Å². The van der Waals surface area contributed by atoms with Crippen LogP contribution in [-0.4, -0.2) is 32.3 Å². The molecule has 186 valence electrons. The van der Waals surface area contributed by atoms with Crippen LogP contribution < -0.4 is 10.6 Å². The third-order valence-corrected chi connectivity index (χ3v) is 8.15. The summed E-state index contributed by atoms with van der Waals surface area (Å²) < 4.78 is 1.84. The van der Waals surface area contributed by atoms with E-state index in [0.29, 0.717) is 33.7 Å². The molecule has 0 saturated carbocycles. The van der Waals surface area contributed by atoms with E-state index >= 15 is 0 Å². The number of nitrogens with one attached hydrogen (secondary N) is 2. The average Bonchev–Trinajstić information content (AvgIpc) is 3.43. The fourth-order valence-electron chi connectivity index (χ4n) is 4.14. The van der Waals surface area contributed by atoms with Gasteiger partial charge < -0.3 is 15.2 Å². The Morgan fingerprint density at radius 2 is 2.03 bits per heavy atom. The maximum Gasteiger partial charge on any atom is 0.251 e. The second-order valence-corrected chi connectivity index (χ2v) is 10.7. The van der Waals surface area contributed by atoms with Crippen LogP contribution in [0.4, 0.5) is 5.00 Å². The molecule has 2 amide bonds. The number of allylic oxidation sites excluding steroid dienone is 1. The number of thiophene rings is 1. The molecule has 2 aromatic heterocycles. The second-order valence-electron chi connectivity index (χ2n) is 8.66. The lowest BCUT2D eigenvalue weighted by Gasteiger charge is -2.15. The highest BCUT2D eigenvalue weighted by Gasteiger charge is 2.23. The predicted molar refractivity (Wildman–Crippen MR) is 142 cm³/mol. The van der Waals surface area contributed by atoms with E-state index in [1.807, 2.05) is 30.5 Å². The first kappa shape index (κ1) is 25.7. The summed E-state index contributed by atoms with van der Waals surface area (Å²) in [5.41, 5.74) is 3.34. The predicted octanol–water partition coefficient (Wildman–Crippen LogP) is 4.81. The lowest BCUT2D eigenvalue weighted by molar-refractivity contribution is -0.113. The largest absolute Gasteiger partial charge is 0.342 e. The summed E-state index contributed by atoms with van der Waals surface area (Å²) in [6, 6.07) is 9.23. The molecule has 0 bridgehead atoms. The summed E-state index contributed by atoms with van der Waals surface area (Å²) in [7, 11) is 0. The summed E-state index contributed by atoms with van der Waals surface area (Å²) in [4.78, 5) is 26.6. The molecule has 36 heavy (non-hydrogen) atoms. The van der Waals surface area contributed by atoms with Gasteiger partial charge in [0.15, 0.2) is 11.0 Å². The van der Waals surface area contributed by atoms with Crippen LogP contribution in [0.15, 0.2) is 42.1 Å². The topological polar surface area (TPSA) is 113 Å². The van der Waals surface area contributed by atoms with Gasteiger partial charge in [-0.15, -0.1) is 28.1 Å². The third-order valence-electron chi connectivity index (χ3n) is 5.97. The molecule has 0 unspecified atom stereocenters. The van der Waals surface area contributed by atoms with Gasteiger partial charge in [-0.3, -0.25) is 9.59 Å². The number of benzene rings is 1. The van der Waals surface area contributed by atoms with E-state index in [0.717, 1.165) is 36.8 Å². The number of anilines is 1. The zero-order chi connectivity index (χ0) is 25.7. The Morgan fingerprint density at radius 3 is 2.75 bits per heavy atom. The van der Waals surface area contributed by atoms with Crippen LogP contribution in [-0.2, 0) is 24.2 Å². The van der Waals surface area contributed by atoms with Gasteiger partial charge in [-0.2, -0.15) is 5.26 Å². The van der Waals surface area contributed by atoms with Gasteiger partial charge in [0.05, 0.1) is 17.4 Å². The van der Waals surface area contributed by atoms with Crippen molar-refractivity contribution in [1.29, 1.82) is 5.26 Å². The summed E-state index contributed by atoms with van der Waals surface area (Å²) in [6.07, 6.45) is 5.78. The van der Waals surface area contributed by atoms with Crippen LogP contribution in [0.2, 0.25) is 0 Å². The van der Waals surface area contributed by atoms with E-state index in [2.05, 4.69) is 33.5 Å². The molecular formula is C26H28N6O2S2. The molecule has 0 spiro atoms. The number of fused-ring (bicyclic) bond motifs is 1. The number of hydrogen-bond acceptors (Lipinski definition) is 7. The first-order valence-corrected chi connectivity index (χ1v) is 13.6. The van der Waals surface area contributed by atoms with Gasteiger partial charge in [0.25, 0.3) is 5.91 Å². The van der Waals surface area contributed by atoms with E-state index < -0.39 is 6.04 Å². The number of nitriles is 1. The first-order valence-electron chi connectivity index (χ1n) is 11.8. The second kappa shape index (κ2) is 11.5. The number of thioether (sulfide) groups is 1. The number of aromatic nitrogens is 3. The molecule has 1 aromatic carbocycles. The van der Waals surface area contributed by atoms with Crippen molar-refractivity contribution in [3.63, 3.8) is 0 Å². The zero-order valence-corrected chi connectivity index (χ0v) is 22.0. The molecule has 3 aromatic rings. The van der Waals surface area contributed by atoms with Gasteiger partial charge in [-0.25, -0.2) is 0 Å². The highest BCUT2D eigenvalue weighted by Crippen LogP contribution is 2.37. The van der Waals surface area contributed by atoms with Crippen molar-refractivity contribution in [2.45, 2.75) is 57.3 Å². The minimum atomic E-state index is -0.398. The Hall–Kier alpha value is -3.42. The summed E-state index contributed by atoms with van der Waals surface area (Å²) in [5.74, 6) is 0.296. The number of carbonyl (C=O) groups is 2. The average molecular weight is 521 g/mol. The Balaban J connectivity index is 1.42. The summed E-state index contributed by atoms with van der Waals surface area (Å²) in [5, 5.41) is 25.2. The Kier molecular flexibility index (Phi) is 8.23.